The van der Waals surface area contributed by atoms with Gasteiger partial charge in [-0.15, -0.1) is 54.1 Å². The summed E-state index contributed by atoms with van der Waals surface area (Å²) in [5.41, 5.74) is 13.2. The first-order valence-corrected chi connectivity index (χ1v) is 17.6. The van der Waals surface area contributed by atoms with E-state index in [0.29, 0.717) is 17.8 Å². The molecule has 0 saturated heterocycles. The van der Waals surface area contributed by atoms with Crippen molar-refractivity contribution < 1.29 is 24.5 Å². The van der Waals surface area contributed by atoms with E-state index in [-0.39, 0.29) is 20.1 Å². The third kappa shape index (κ3) is 6.94. The summed E-state index contributed by atoms with van der Waals surface area (Å²) in [4.78, 5) is 9.61. The van der Waals surface area contributed by atoms with E-state index in [0.717, 1.165) is 55.6 Å². The number of rotatable bonds is 6. The first-order valence-electron chi connectivity index (χ1n) is 17.6. The Morgan fingerprint density at radius 1 is 0.667 bits per heavy atom. The predicted molar refractivity (Wildman–Crippen MR) is 208 cm³/mol. The molecule has 0 fully saturated rings. The normalized spacial score (nSPS) is 11.4. The molecule has 0 N–H and O–H groups in total. The Balaban J connectivity index is 0.000000222. The molecule has 3 heterocycles. The van der Waals surface area contributed by atoms with Gasteiger partial charge < -0.3 is 14.0 Å². The molecule has 0 spiro atoms. The number of furan rings is 1. The van der Waals surface area contributed by atoms with E-state index in [1.54, 1.807) is 0 Å². The Hall–Kier alpha value is -4.83. The molecule has 4 nitrogen and oxygen atoms in total. The van der Waals surface area contributed by atoms with Crippen LogP contribution in [-0.4, -0.2) is 14.5 Å². The van der Waals surface area contributed by atoms with E-state index in [1.807, 2.05) is 54.7 Å². The van der Waals surface area contributed by atoms with E-state index >= 15 is 0 Å². The van der Waals surface area contributed by atoms with Crippen molar-refractivity contribution in [1.29, 1.82) is 0 Å². The molecule has 8 rings (SSSR count). The zero-order valence-corrected chi connectivity index (χ0v) is 32.7. The van der Waals surface area contributed by atoms with Gasteiger partial charge in [-0.25, -0.2) is 0 Å². The fourth-order valence-corrected chi connectivity index (χ4v) is 6.91. The van der Waals surface area contributed by atoms with Crippen molar-refractivity contribution in [1.82, 2.24) is 14.5 Å². The molecule has 0 aliphatic rings. The number of hydrogen-bond donors (Lipinski definition) is 0. The van der Waals surface area contributed by atoms with Crippen LogP contribution in [0.1, 0.15) is 81.5 Å². The second-order valence-electron chi connectivity index (χ2n) is 13.9. The van der Waals surface area contributed by atoms with Crippen molar-refractivity contribution in [2.24, 2.45) is 0 Å². The number of fused-ring (bicyclic) bond motifs is 4. The van der Waals surface area contributed by atoms with Crippen LogP contribution in [0.2, 0.25) is 0 Å². The van der Waals surface area contributed by atoms with Gasteiger partial charge in [0.15, 0.2) is 0 Å². The molecule has 0 atom stereocenters. The van der Waals surface area contributed by atoms with Crippen LogP contribution in [0.25, 0.3) is 61.3 Å². The van der Waals surface area contributed by atoms with Crippen LogP contribution in [0.15, 0.2) is 120 Å². The van der Waals surface area contributed by atoms with E-state index in [2.05, 4.69) is 131 Å². The zero-order chi connectivity index (χ0) is 34.9. The number of benzene rings is 5. The molecular formula is C46H43IrN3O-2. The first-order chi connectivity index (χ1) is 24.2. The van der Waals surface area contributed by atoms with E-state index in [9.17, 15) is 0 Å². The number of para-hydroxylation sites is 4. The second-order valence-corrected chi connectivity index (χ2v) is 13.9. The number of imidazole rings is 1. The van der Waals surface area contributed by atoms with Gasteiger partial charge in [-0.1, -0.05) is 107 Å². The number of pyridine rings is 1. The molecule has 51 heavy (non-hydrogen) atoms. The Morgan fingerprint density at radius 3 is 2.06 bits per heavy atom. The average molecular weight is 846 g/mol. The standard InChI is InChI=1S/C31H27N2O.C15H16N.Ir/c1-19(2)21-12-9-13-22(20(3)4)29(21)33-27-17-7-6-16-26(27)32-31(33)25-15-10-14-24-23-11-5-8-18-28(23)34-30(24)25;1-11(2)14-9-15(16-10-12(14)3)13-7-5-4-6-8-13;/h5-14,16-20H,1-4H3;4-7,9-11H,1-3H3;/q2*-1;. The molecule has 5 aromatic carbocycles. The van der Waals surface area contributed by atoms with Gasteiger partial charge in [0, 0.05) is 37.4 Å². The minimum atomic E-state index is 0. The van der Waals surface area contributed by atoms with Gasteiger partial charge in [0.25, 0.3) is 0 Å². The van der Waals surface area contributed by atoms with Crippen molar-refractivity contribution in [3.63, 3.8) is 0 Å². The minimum Gasteiger partial charge on any atom is -0.501 e. The Kier molecular flexibility index (Phi) is 10.7. The minimum absolute atomic E-state index is 0. The molecule has 0 aliphatic heterocycles. The summed E-state index contributed by atoms with van der Waals surface area (Å²) in [5.74, 6) is 2.13. The quantitative estimate of drug-likeness (QED) is 0.157. The van der Waals surface area contributed by atoms with Crippen molar-refractivity contribution >= 4 is 33.0 Å². The fourth-order valence-electron chi connectivity index (χ4n) is 6.91. The summed E-state index contributed by atoms with van der Waals surface area (Å²) in [7, 11) is 0. The number of nitrogens with zero attached hydrogens (tertiary/aromatic N) is 3. The molecular weight excluding hydrogens is 803 g/mol. The molecule has 8 aromatic rings. The fraction of sp³-hybridized carbons (Fsp3) is 0.217. The first kappa shape index (κ1) is 36.0. The van der Waals surface area contributed by atoms with E-state index < -0.39 is 0 Å². The van der Waals surface area contributed by atoms with Crippen molar-refractivity contribution in [2.75, 3.05) is 0 Å². The van der Waals surface area contributed by atoms with Crippen LogP contribution in [0, 0.1) is 19.1 Å². The average Bonchev–Trinajstić information content (AvgIpc) is 3.71. The van der Waals surface area contributed by atoms with Crippen molar-refractivity contribution in [2.45, 2.75) is 66.2 Å². The largest absolute Gasteiger partial charge is 0.501 e. The van der Waals surface area contributed by atoms with Gasteiger partial charge in [-0.05, 0) is 70.8 Å². The number of aryl methyl sites for hydroxylation is 1. The van der Waals surface area contributed by atoms with E-state index in [4.69, 9.17) is 9.40 Å². The molecule has 0 unspecified atom stereocenters. The van der Waals surface area contributed by atoms with Gasteiger partial charge in [0.2, 0.25) is 0 Å². The van der Waals surface area contributed by atoms with Crippen molar-refractivity contribution in [3.05, 3.63) is 150 Å². The Labute approximate surface area is 314 Å². The summed E-state index contributed by atoms with van der Waals surface area (Å²) in [5, 5.41) is 2.20. The van der Waals surface area contributed by atoms with Gasteiger partial charge >= 0.3 is 0 Å². The third-order valence-electron chi connectivity index (χ3n) is 9.44. The molecule has 0 saturated carbocycles. The Morgan fingerprint density at radius 2 is 1.35 bits per heavy atom. The topological polar surface area (TPSA) is 43.9 Å². The van der Waals surface area contributed by atoms with Crippen LogP contribution in [-0.2, 0) is 20.1 Å². The third-order valence-corrected chi connectivity index (χ3v) is 9.44. The summed E-state index contributed by atoms with van der Waals surface area (Å²) < 4.78 is 8.73. The van der Waals surface area contributed by atoms with Crippen LogP contribution < -0.4 is 0 Å². The summed E-state index contributed by atoms with van der Waals surface area (Å²) in [6.07, 6.45) is 1.95. The predicted octanol–water partition coefficient (Wildman–Crippen LogP) is 12.6. The SMILES string of the molecule is CC(C)c1cccc(C(C)C)c1-n1c(-c2[c-]ccc3c2oc2ccccc23)nc2ccccc21.Cc1cnc(-c2[c-]cccc2)cc1C(C)C.[Ir]. The Bertz CT molecular complexity index is 2410. The van der Waals surface area contributed by atoms with Crippen LogP contribution in [0.5, 0.6) is 0 Å². The van der Waals surface area contributed by atoms with E-state index in [1.165, 1.54) is 27.9 Å². The molecule has 1 radical (unpaired) electrons. The van der Waals surface area contributed by atoms with Gasteiger partial charge in [0.05, 0.1) is 22.4 Å². The monoisotopic (exact) mass is 846 g/mol. The summed E-state index contributed by atoms with van der Waals surface area (Å²) >= 11 is 0. The molecule has 0 amide bonds. The number of aromatic nitrogens is 3. The molecule has 259 valence electrons. The second kappa shape index (κ2) is 15.2. The van der Waals surface area contributed by atoms with Gasteiger partial charge in [-0.3, -0.25) is 4.98 Å². The maximum absolute atomic E-state index is 6.40. The van der Waals surface area contributed by atoms with Gasteiger partial charge in [0.1, 0.15) is 5.58 Å². The van der Waals surface area contributed by atoms with Gasteiger partial charge in [-0.2, -0.15) is 0 Å². The summed E-state index contributed by atoms with van der Waals surface area (Å²) in [6.45, 7) is 15.6. The van der Waals surface area contributed by atoms with Crippen molar-refractivity contribution in [3.8, 4) is 28.3 Å². The molecule has 0 bridgehead atoms. The maximum Gasteiger partial charge on any atom is 0.120 e. The zero-order valence-electron chi connectivity index (χ0n) is 30.3. The number of hydrogen-bond acceptors (Lipinski definition) is 3. The molecule has 3 aromatic heterocycles. The summed E-state index contributed by atoms with van der Waals surface area (Å²) in [6, 6.07) is 44.1. The smallest absolute Gasteiger partial charge is 0.120 e. The maximum atomic E-state index is 6.40. The molecule has 5 heteroatoms. The van der Waals surface area contributed by atoms with Crippen LogP contribution >= 0.6 is 0 Å². The van der Waals surface area contributed by atoms with Crippen LogP contribution in [0.4, 0.5) is 0 Å². The van der Waals surface area contributed by atoms with Crippen LogP contribution in [0.3, 0.4) is 0 Å². The molecule has 0 aliphatic carbocycles.